The zero-order valence-corrected chi connectivity index (χ0v) is 22.1. The molecular formula is C26H24Br2FN3O3. The number of rotatable bonds is 7. The molecule has 35 heavy (non-hydrogen) atoms. The van der Waals surface area contributed by atoms with Gasteiger partial charge in [-0.05, 0) is 71.9 Å². The topological polar surface area (TPSA) is 69.4 Å². The Morgan fingerprint density at radius 2 is 2.09 bits per heavy atom. The van der Waals surface area contributed by atoms with Crippen molar-refractivity contribution in [1.82, 2.24) is 14.8 Å². The molecule has 0 amide bonds. The Hall–Kier alpha value is -2.49. The number of aromatic hydroxyl groups is 1. The van der Waals surface area contributed by atoms with E-state index < -0.39 is 5.82 Å². The van der Waals surface area contributed by atoms with E-state index in [1.807, 2.05) is 22.9 Å². The number of halogens is 3. The second-order valence-corrected chi connectivity index (χ2v) is 10.0. The van der Waals surface area contributed by atoms with Gasteiger partial charge in [0.05, 0.1) is 34.1 Å². The highest BCUT2D eigenvalue weighted by molar-refractivity contribution is 9.10. The lowest BCUT2D eigenvalue weighted by atomic mass is 10.0. The van der Waals surface area contributed by atoms with Gasteiger partial charge in [-0.1, -0.05) is 28.1 Å². The van der Waals surface area contributed by atoms with Crippen molar-refractivity contribution in [1.29, 1.82) is 0 Å². The first-order valence-corrected chi connectivity index (χ1v) is 13.4. The third kappa shape index (κ3) is 4.94. The number of pyridine rings is 1. The zero-order chi connectivity index (χ0) is 24.4. The van der Waals surface area contributed by atoms with E-state index in [0.29, 0.717) is 24.6 Å². The molecule has 1 N–H and O–H groups in total. The summed E-state index contributed by atoms with van der Waals surface area (Å²) in [4.78, 5) is 4.49. The number of nitrogens with zero attached hydrogens (tertiary/aromatic N) is 3. The number of phenolic OH excluding ortho intramolecular Hbond substituents is 1. The third-order valence-corrected chi connectivity index (χ3v) is 7.22. The van der Waals surface area contributed by atoms with Crippen LogP contribution in [0, 0.1) is 5.82 Å². The van der Waals surface area contributed by atoms with E-state index in [-0.39, 0.29) is 17.5 Å². The predicted molar refractivity (Wildman–Crippen MR) is 140 cm³/mol. The molecular weight excluding hydrogens is 581 g/mol. The lowest BCUT2D eigenvalue weighted by Crippen LogP contribution is -2.19. The summed E-state index contributed by atoms with van der Waals surface area (Å²) in [6.07, 6.45) is 5.30. The van der Waals surface area contributed by atoms with E-state index in [1.54, 1.807) is 12.3 Å². The van der Waals surface area contributed by atoms with Crippen LogP contribution in [0.2, 0.25) is 0 Å². The zero-order valence-electron chi connectivity index (χ0n) is 18.9. The van der Waals surface area contributed by atoms with Crippen molar-refractivity contribution in [2.75, 3.05) is 18.5 Å². The monoisotopic (exact) mass is 603 g/mol. The number of phenols is 1. The number of ether oxygens (including phenoxy) is 2. The quantitative estimate of drug-likeness (QED) is 0.178. The highest BCUT2D eigenvalue weighted by atomic mass is 79.9. The second kappa shape index (κ2) is 10.6. The second-order valence-electron chi connectivity index (χ2n) is 8.37. The summed E-state index contributed by atoms with van der Waals surface area (Å²) < 4.78 is 29.3. The normalized spacial score (nSPS) is 16.0. The highest BCUT2D eigenvalue weighted by Gasteiger charge is 2.24. The van der Waals surface area contributed by atoms with E-state index in [1.165, 1.54) is 18.2 Å². The minimum Gasteiger partial charge on any atom is -0.507 e. The van der Waals surface area contributed by atoms with E-state index in [9.17, 15) is 9.50 Å². The van der Waals surface area contributed by atoms with Crippen LogP contribution in [-0.4, -0.2) is 38.4 Å². The van der Waals surface area contributed by atoms with Crippen LogP contribution in [0.5, 0.6) is 11.5 Å². The van der Waals surface area contributed by atoms with Crippen LogP contribution >= 0.6 is 31.9 Å². The van der Waals surface area contributed by atoms with Gasteiger partial charge in [-0.2, -0.15) is 5.10 Å². The summed E-state index contributed by atoms with van der Waals surface area (Å²) in [5.74, 6) is 0.0288. The Morgan fingerprint density at radius 1 is 1.20 bits per heavy atom. The van der Waals surface area contributed by atoms with Gasteiger partial charge in [0.2, 0.25) is 0 Å². The van der Waals surface area contributed by atoms with Gasteiger partial charge in [-0.15, -0.1) is 0 Å². The molecule has 4 aromatic rings. The molecule has 5 rings (SSSR count). The average molecular weight is 605 g/mol. The maximum Gasteiger partial charge on any atom is 0.150 e. The van der Waals surface area contributed by atoms with Gasteiger partial charge in [0, 0.05) is 22.9 Å². The molecule has 1 saturated heterocycles. The van der Waals surface area contributed by atoms with Gasteiger partial charge >= 0.3 is 0 Å². The number of fused-ring (bicyclic) bond motifs is 1. The summed E-state index contributed by atoms with van der Waals surface area (Å²) in [7, 11) is 0. The first-order valence-electron chi connectivity index (χ1n) is 11.5. The number of hydrogen-bond donors (Lipinski definition) is 1. The lowest BCUT2D eigenvalue weighted by Gasteiger charge is -2.23. The van der Waals surface area contributed by atoms with Gasteiger partial charge in [0.1, 0.15) is 23.0 Å². The van der Waals surface area contributed by atoms with Crippen LogP contribution < -0.4 is 4.74 Å². The molecule has 0 bridgehead atoms. The van der Waals surface area contributed by atoms with Gasteiger partial charge in [-0.25, -0.2) is 9.07 Å². The number of aromatic nitrogens is 3. The molecule has 1 aliphatic heterocycles. The molecule has 3 heterocycles. The Kier molecular flexibility index (Phi) is 7.36. The highest BCUT2D eigenvalue weighted by Crippen LogP contribution is 2.39. The van der Waals surface area contributed by atoms with Crippen molar-refractivity contribution < 1.29 is 19.0 Å². The van der Waals surface area contributed by atoms with Crippen LogP contribution in [-0.2, 0) is 4.74 Å². The number of benzene rings is 2. The SMILES string of the molecule is Oc1cccc(F)c1-c1cc2c(-c3ccc(Br)c(OCCCBr)c3)nn(C3CCCCO3)c2cn1. The smallest absolute Gasteiger partial charge is 0.150 e. The van der Waals surface area contributed by atoms with Crippen molar-refractivity contribution >= 4 is 42.8 Å². The van der Waals surface area contributed by atoms with E-state index in [2.05, 4.69) is 36.8 Å². The predicted octanol–water partition coefficient (Wildman–Crippen LogP) is 7.24. The molecule has 0 spiro atoms. The van der Waals surface area contributed by atoms with E-state index in [0.717, 1.165) is 57.7 Å². The minimum atomic E-state index is -0.535. The maximum absolute atomic E-state index is 14.6. The molecule has 9 heteroatoms. The Morgan fingerprint density at radius 3 is 2.86 bits per heavy atom. The Balaban J connectivity index is 1.66. The summed E-state index contributed by atoms with van der Waals surface area (Å²) in [6, 6.07) is 11.9. The van der Waals surface area contributed by atoms with Crippen LogP contribution in [0.1, 0.15) is 31.9 Å². The van der Waals surface area contributed by atoms with Crippen LogP contribution in [0.15, 0.2) is 53.1 Å². The standard InChI is InChI=1S/C26H24Br2FN3O3/c27-10-4-12-34-23-13-16(8-9-18(23)28)26-17-14-20(25-19(29)5-3-6-22(25)33)30-15-21(17)32(31-26)24-7-1-2-11-35-24/h3,5-6,8-9,13-15,24,33H,1-2,4,7,10-12H2. The molecule has 6 nitrogen and oxygen atoms in total. The van der Waals surface area contributed by atoms with E-state index >= 15 is 0 Å². The first kappa shape index (κ1) is 24.2. The van der Waals surface area contributed by atoms with Gasteiger partial charge in [0.25, 0.3) is 0 Å². The molecule has 1 fully saturated rings. The van der Waals surface area contributed by atoms with Gasteiger partial charge < -0.3 is 14.6 Å². The summed E-state index contributed by atoms with van der Waals surface area (Å²) >= 11 is 7.00. The molecule has 0 aliphatic carbocycles. The van der Waals surface area contributed by atoms with Crippen molar-refractivity contribution in [2.24, 2.45) is 0 Å². The molecule has 1 atom stereocenters. The Labute approximate surface area is 219 Å². The Bertz CT molecular complexity index is 1340. The van der Waals surface area contributed by atoms with Crippen molar-refractivity contribution in [3.8, 4) is 34.0 Å². The number of hydrogen-bond acceptors (Lipinski definition) is 5. The average Bonchev–Trinajstić information content (AvgIpc) is 3.25. The maximum atomic E-state index is 14.6. The molecule has 0 saturated carbocycles. The van der Waals surface area contributed by atoms with E-state index in [4.69, 9.17) is 14.6 Å². The van der Waals surface area contributed by atoms with Crippen molar-refractivity contribution in [3.63, 3.8) is 0 Å². The first-order chi connectivity index (χ1) is 17.1. The molecule has 2 aromatic carbocycles. The molecule has 1 aliphatic rings. The minimum absolute atomic E-state index is 0.0663. The summed E-state index contributed by atoms with van der Waals surface area (Å²) in [5.41, 5.74) is 2.76. The number of alkyl halides is 1. The summed E-state index contributed by atoms with van der Waals surface area (Å²) in [5, 5.41) is 16.9. The largest absolute Gasteiger partial charge is 0.507 e. The fraction of sp³-hybridized carbons (Fsp3) is 0.308. The molecule has 182 valence electrons. The van der Waals surface area contributed by atoms with Crippen molar-refractivity contribution in [2.45, 2.75) is 31.9 Å². The van der Waals surface area contributed by atoms with Gasteiger partial charge in [-0.3, -0.25) is 4.98 Å². The van der Waals surface area contributed by atoms with Crippen LogP contribution in [0.4, 0.5) is 4.39 Å². The van der Waals surface area contributed by atoms with Gasteiger partial charge in [0.15, 0.2) is 6.23 Å². The fourth-order valence-corrected chi connectivity index (χ4v) is 4.88. The van der Waals surface area contributed by atoms with Crippen molar-refractivity contribution in [3.05, 3.63) is 59.0 Å². The lowest BCUT2D eigenvalue weighted by molar-refractivity contribution is -0.0365. The van der Waals surface area contributed by atoms with Crippen LogP contribution in [0.25, 0.3) is 33.4 Å². The molecule has 1 unspecified atom stereocenters. The summed E-state index contributed by atoms with van der Waals surface area (Å²) in [6.45, 7) is 1.26. The third-order valence-electron chi connectivity index (χ3n) is 6.01. The molecule has 2 aromatic heterocycles. The fourth-order valence-electron chi connectivity index (χ4n) is 4.29. The van der Waals surface area contributed by atoms with Crippen LogP contribution in [0.3, 0.4) is 0 Å². The molecule has 0 radical (unpaired) electrons.